The molecule has 1 amide bonds. The molecule has 0 heterocycles. The van der Waals surface area contributed by atoms with E-state index in [9.17, 15) is 4.79 Å². The van der Waals surface area contributed by atoms with E-state index in [1.54, 1.807) is 0 Å². The van der Waals surface area contributed by atoms with E-state index in [1.807, 2.05) is 0 Å². The molecule has 0 unspecified atom stereocenters. The summed E-state index contributed by atoms with van der Waals surface area (Å²) in [6, 6.07) is 0. The summed E-state index contributed by atoms with van der Waals surface area (Å²) in [5.74, 6) is 4.08. The average Bonchev–Trinajstić information content (AvgIpc) is 3.13. The normalized spacial score (nSPS) is 47.1. The SMILES string of the molecule is O=C(NC[C@@H]1C[C@H]2C=C[C@@H]1C2)[C@H]1C[C@@H]2C=C[C@H]1C2. The summed E-state index contributed by atoms with van der Waals surface area (Å²) in [5, 5.41) is 3.23. The van der Waals surface area contributed by atoms with Gasteiger partial charge >= 0.3 is 0 Å². The van der Waals surface area contributed by atoms with Crippen LogP contribution in [0.2, 0.25) is 0 Å². The van der Waals surface area contributed by atoms with Crippen molar-refractivity contribution >= 4 is 5.91 Å². The highest BCUT2D eigenvalue weighted by Gasteiger charge is 2.40. The van der Waals surface area contributed by atoms with Crippen molar-refractivity contribution in [3.63, 3.8) is 0 Å². The first-order chi connectivity index (χ1) is 8.79. The fourth-order valence-corrected chi connectivity index (χ4v) is 4.57. The molecular formula is C16H21NO. The number of fused-ring (bicyclic) bond motifs is 4. The van der Waals surface area contributed by atoms with E-state index < -0.39 is 0 Å². The molecule has 4 bridgehead atoms. The van der Waals surface area contributed by atoms with Crippen molar-refractivity contribution < 1.29 is 4.79 Å². The second-order valence-electron chi connectivity index (χ2n) is 6.67. The van der Waals surface area contributed by atoms with E-state index in [0.717, 1.165) is 24.8 Å². The smallest absolute Gasteiger partial charge is 0.223 e. The molecule has 4 aliphatic rings. The van der Waals surface area contributed by atoms with Gasteiger partial charge in [0.25, 0.3) is 0 Å². The van der Waals surface area contributed by atoms with E-state index in [0.29, 0.717) is 23.7 Å². The lowest BCUT2D eigenvalue weighted by atomic mass is 9.91. The molecule has 0 saturated heterocycles. The molecule has 2 nitrogen and oxygen atoms in total. The molecule has 4 rings (SSSR count). The molecule has 6 atom stereocenters. The zero-order valence-corrected chi connectivity index (χ0v) is 10.7. The van der Waals surface area contributed by atoms with E-state index in [4.69, 9.17) is 0 Å². The minimum atomic E-state index is 0.272. The van der Waals surface area contributed by atoms with Gasteiger partial charge in [0.05, 0.1) is 0 Å². The van der Waals surface area contributed by atoms with Crippen LogP contribution in [-0.4, -0.2) is 12.5 Å². The van der Waals surface area contributed by atoms with Gasteiger partial charge in [0.2, 0.25) is 5.91 Å². The maximum atomic E-state index is 12.2. The first kappa shape index (κ1) is 10.8. The van der Waals surface area contributed by atoms with Crippen LogP contribution in [0.25, 0.3) is 0 Å². The summed E-state index contributed by atoms with van der Waals surface area (Å²) in [6.07, 6.45) is 14.2. The second-order valence-corrected chi connectivity index (χ2v) is 6.67. The number of hydrogen-bond acceptors (Lipinski definition) is 1. The Labute approximate surface area is 109 Å². The molecule has 0 aromatic rings. The van der Waals surface area contributed by atoms with Crippen molar-refractivity contribution in [2.24, 2.45) is 35.5 Å². The van der Waals surface area contributed by atoms with Crippen LogP contribution >= 0.6 is 0 Å². The van der Waals surface area contributed by atoms with Crippen LogP contribution in [0.15, 0.2) is 24.3 Å². The molecule has 0 aromatic heterocycles. The first-order valence-electron chi connectivity index (χ1n) is 7.44. The standard InChI is InChI=1S/C16H21NO/c18-16(15-8-11-2-4-13(15)6-11)17-9-14-7-10-1-3-12(14)5-10/h1-4,10-15H,5-9H2,(H,17,18)/t10-,11+,12+,13-,14-,15-/m0/s1. The third kappa shape index (κ3) is 1.65. The Morgan fingerprint density at radius 1 is 0.944 bits per heavy atom. The third-order valence-corrected chi connectivity index (χ3v) is 5.57. The molecule has 0 radical (unpaired) electrons. The van der Waals surface area contributed by atoms with Crippen molar-refractivity contribution in [3.8, 4) is 0 Å². The van der Waals surface area contributed by atoms with E-state index >= 15 is 0 Å². The molecule has 0 spiro atoms. The topological polar surface area (TPSA) is 29.1 Å². The molecule has 1 N–H and O–H groups in total. The number of rotatable bonds is 3. The Kier molecular flexibility index (Phi) is 2.39. The number of hydrogen-bond donors (Lipinski definition) is 1. The summed E-state index contributed by atoms with van der Waals surface area (Å²) < 4.78 is 0. The van der Waals surface area contributed by atoms with Crippen molar-refractivity contribution in [2.45, 2.75) is 25.7 Å². The van der Waals surface area contributed by atoms with Crippen LogP contribution in [0.4, 0.5) is 0 Å². The lowest BCUT2D eigenvalue weighted by Crippen LogP contribution is -2.36. The summed E-state index contributed by atoms with van der Waals surface area (Å²) in [4.78, 5) is 12.2. The maximum absolute atomic E-state index is 12.2. The molecular weight excluding hydrogens is 222 g/mol. The lowest BCUT2D eigenvalue weighted by molar-refractivity contribution is -0.125. The number of carbonyl (C=O) groups is 1. The van der Waals surface area contributed by atoms with Gasteiger partial charge in [0.15, 0.2) is 0 Å². The number of allylic oxidation sites excluding steroid dienone is 4. The predicted octanol–water partition coefficient (Wildman–Crippen LogP) is 2.53. The Balaban J connectivity index is 1.32. The highest BCUT2D eigenvalue weighted by molar-refractivity contribution is 5.80. The van der Waals surface area contributed by atoms with Crippen molar-refractivity contribution in [1.29, 1.82) is 0 Å². The van der Waals surface area contributed by atoms with Crippen LogP contribution in [0, 0.1) is 35.5 Å². The summed E-state index contributed by atoms with van der Waals surface area (Å²) >= 11 is 0. The van der Waals surface area contributed by atoms with E-state index in [2.05, 4.69) is 29.6 Å². The highest BCUT2D eigenvalue weighted by atomic mass is 16.1. The van der Waals surface area contributed by atoms with Crippen molar-refractivity contribution in [3.05, 3.63) is 24.3 Å². The molecule has 0 aromatic carbocycles. The third-order valence-electron chi connectivity index (χ3n) is 5.57. The van der Waals surface area contributed by atoms with Gasteiger partial charge in [-0.3, -0.25) is 4.79 Å². The summed E-state index contributed by atoms with van der Waals surface area (Å²) in [6.45, 7) is 0.905. The molecule has 4 aliphatic carbocycles. The van der Waals surface area contributed by atoms with Crippen LogP contribution in [0.3, 0.4) is 0 Å². The molecule has 18 heavy (non-hydrogen) atoms. The van der Waals surface area contributed by atoms with Gasteiger partial charge in [0, 0.05) is 12.5 Å². The Bertz CT molecular complexity index is 425. The quantitative estimate of drug-likeness (QED) is 0.758. The fourth-order valence-electron chi connectivity index (χ4n) is 4.57. The van der Waals surface area contributed by atoms with Gasteiger partial charge in [-0.1, -0.05) is 24.3 Å². The largest absolute Gasteiger partial charge is 0.356 e. The lowest BCUT2D eigenvalue weighted by Gasteiger charge is -2.22. The second kappa shape index (κ2) is 3.97. The van der Waals surface area contributed by atoms with Gasteiger partial charge < -0.3 is 5.32 Å². The Morgan fingerprint density at radius 3 is 2.22 bits per heavy atom. The molecule has 0 aliphatic heterocycles. The highest BCUT2D eigenvalue weighted by Crippen LogP contribution is 2.44. The monoisotopic (exact) mass is 243 g/mol. The molecule has 2 fully saturated rings. The first-order valence-corrected chi connectivity index (χ1v) is 7.44. The Hall–Kier alpha value is -1.05. The maximum Gasteiger partial charge on any atom is 0.223 e. The zero-order chi connectivity index (χ0) is 12.1. The van der Waals surface area contributed by atoms with E-state index in [-0.39, 0.29) is 5.92 Å². The van der Waals surface area contributed by atoms with Crippen LogP contribution < -0.4 is 5.32 Å². The van der Waals surface area contributed by atoms with Gasteiger partial charge in [-0.05, 0) is 55.3 Å². The summed E-state index contributed by atoms with van der Waals surface area (Å²) in [7, 11) is 0. The van der Waals surface area contributed by atoms with Crippen molar-refractivity contribution in [1.82, 2.24) is 5.32 Å². The van der Waals surface area contributed by atoms with E-state index in [1.165, 1.54) is 19.3 Å². The van der Waals surface area contributed by atoms with Gasteiger partial charge in [-0.25, -0.2) is 0 Å². The number of amides is 1. The fraction of sp³-hybridized carbons (Fsp3) is 0.688. The molecule has 2 heteroatoms. The minimum absolute atomic E-state index is 0.272. The number of nitrogens with one attached hydrogen (secondary N) is 1. The van der Waals surface area contributed by atoms with Gasteiger partial charge in [-0.15, -0.1) is 0 Å². The van der Waals surface area contributed by atoms with Crippen LogP contribution in [-0.2, 0) is 4.79 Å². The van der Waals surface area contributed by atoms with Crippen LogP contribution in [0.5, 0.6) is 0 Å². The average molecular weight is 243 g/mol. The Morgan fingerprint density at radius 2 is 1.67 bits per heavy atom. The van der Waals surface area contributed by atoms with Crippen molar-refractivity contribution in [2.75, 3.05) is 6.54 Å². The predicted molar refractivity (Wildman–Crippen MR) is 70.7 cm³/mol. The van der Waals surface area contributed by atoms with Crippen LogP contribution in [0.1, 0.15) is 25.7 Å². The number of carbonyl (C=O) groups excluding carboxylic acids is 1. The van der Waals surface area contributed by atoms with Gasteiger partial charge in [0.1, 0.15) is 0 Å². The minimum Gasteiger partial charge on any atom is -0.356 e. The zero-order valence-electron chi connectivity index (χ0n) is 10.7. The summed E-state index contributed by atoms with van der Waals surface area (Å²) in [5.41, 5.74) is 0. The van der Waals surface area contributed by atoms with Gasteiger partial charge in [-0.2, -0.15) is 0 Å². The molecule has 96 valence electrons. The molecule has 2 saturated carbocycles.